The van der Waals surface area contributed by atoms with Crippen molar-refractivity contribution in [3.05, 3.63) is 6.92 Å². The molecule has 0 saturated carbocycles. The van der Waals surface area contributed by atoms with Crippen molar-refractivity contribution in [3.8, 4) is 0 Å². The molecule has 1 radical (unpaired) electrons. The third-order valence-corrected chi connectivity index (χ3v) is 0.446. The number of amides is 1. The molecule has 0 aromatic rings. The van der Waals surface area contributed by atoms with E-state index in [9.17, 15) is 9.90 Å². The van der Waals surface area contributed by atoms with E-state index in [0.717, 1.165) is 0 Å². The fourth-order valence-corrected chi connectivity index (χ4v) is 0.179. The first-order valence-corrected chi connectivity index (χ1v) is 1.97. The Morgan fingerprint density at radius 1 is 1.75 bits per heavy atom. The lowest BCUT2D eigenvalue weighted by molar-refractivity contribution is -0.116. The third kappa shape index (κ3) is 4.81. The molecule has 0 fully saturated rings. The SMILES string of the molecule is [CH2+]C(=O)NCC(=N)[O]. The lowest BCUT2D eigenvalue weighted by Gasteiger charge is -1.87. The minimum absolute atomic E-state index is 0.248. The van der Waals surface area contributed by atoms with Crippen molar-refractivity contribution in [1.82, 2.24) is 5.32 Å². The van der Waals surface area contributed by atoms with Crippen LogP contribution in [0.1, 0.15) is 0 Å². The van der Waals surface area contributed by atoms with Gasteiger partial charge in [0.2, 0.25) is 0 Å². The first-order valence-electron chi connectivity index (χ1n) is 1.97. The Balaban J connectivity index is 3.18. The normalized spacial score (nSPS) is 8.00. The molecule has 0 spiro atoms. The number of nitrogens with one attached hydrogen (secondary N) is 2. The second kappa shape index (κ2) is 2.90. The average molecular weight is 114 g/mol. The van der Waals surface area contributed by atoms with E-state index < -0.39 is 11.8 Å². The Labute approximate surface area is 47.0 Å². The Morgan fingerprint density at radius 2 is 2.25 bits per heavy atom. The Hall–Kier alpha value is -1.19. The van der Waals surface area contributed by atoms with Crippen molar-refractivity contribution in [2.24, 2.45) is 0 Å². The first kappa shape index (κ1) is 6.81. The van der Waals surface area contributed by atoms with Crippen LogP contribution in [-0.4, -0.2) is 18.3 Å². The van der Waals surface area contributed by atoms with Gasteiger partial charge in [0, 0.05) is 0 Å². The molecule has 0 bridgehead atoms. The van der Waals surface area contributed by atoms with Crippen LogP contribution in [-0.2, 0) is 9.90 Å². The van der Waals surface area contributed by atoms with Crippen LogP contribution in [0, 0.1) is 12.3 Å². The summed E-state index contributed by atoms with van der Waals surface area (Å²) in [5, 5.41) is 18.1. The molecule has 0 saturated heterocycles. The summed E-state index contributed by atoms with van der Waals surface area (Å²) in [5.74, 6) is -1.35. The predicted octanol–water partition coefficient (Wildman–Crippen LogP) is -0.656. The van der Waals surface area contributed by atoms with E-state index in [0.29, 0.717) is 0 Å². The molecule has 2 N–H and O–H groups in total. The molecule has 0 atom stereocenters. The Morgan fingerprint density at radius 3 is 2.38 bits per heavy atom. The highest BCUT2D eigenvalue weighted by Gasteiger charge is 1.99. The number of carbonyl (C=O) groups is 1. The number of hydrogen-bond acceptors (Lipinski definition) is 2. The molecule has 0 aromatic heterocycles. The van der Waals surface area contributed by atoms with Crippen LogP contribution in [0.15, 0.2) is 0 Å². The quantitative estimate of drug-likeness (QED) is 0.279. The Kier molecular flexibility index (Phi) is 2.47. The summed E-state index contributed by atoms with van der Waals surface area (Å²) >= 11 is 0. The van der Waals surface area contributed by atoms with Crippen LogP contribution in [0.2, 0.25) is 0 Å². The molecule has 0 aliphatic carbocycles. The highest BCUT2D eigenvalue weighted by molar-refractivity contribution is 5.84. The second-order valence-electron chi connectivity index (χ2n) is 1.20. The van der Waals surface area contributed by atoms with E-state index in [4.69, 9.17) is 5.41 Å². The summed E-state index contributed by atoms with van der Waals surface area (Å²) < 4.78 is 0. The smallest absolute Gasteiger partial charge is 0.307 e. The highest BCUT2D eigenvalue weighted by atomic mass is 16.3. The minimum atomic E-state index is -0.818. The van der Waals surface area contributed by atoms with Crippen LogP contribution in [0.5, 0.6) is 0 Å². The van der Waals surface area contributed by atoms with Gasteiger partial charge in [-0.1, -0.05) is 0 Å². The summed E-state index contributed by atoms with van der Waals surface area (Å²) in [6, 6.07) is 0. The standard InChI is InChI=1S/C4H5N2O2/c1-3(7)6-2-4(5)8/h5H,1-2H2/p+1. The topological polar surface area (TPSA) is 72.8 Å². The Bertz CT molecular complexity index is 96.6. The van der Waals surface area contributed by atoms with Gasteiger partial charge >= 0.3 is 5.91 Å². The molecular weight excluding hydrogens is 108 g/mol. The van der Waals surface area contributed by atoms with Crippen molar-refractivity contribution >= 4 is 11.8 Å². The van der Waals surface area contributed by atoms with Crippen LogP contribution in [0.25, 0.3) is 0 Å². The molecule has 0 aliphatic heterocycles. The highest BCUT2D eigenvalue weighted by Crippen LogP contribution is 1.61. The van der Waals surface area contributed by atoms with Gasteiger partial charge in [0.15, 0.2) is 6.92 Å². The lowest BCUT2D eigenvalue weighted by atomic mass is 10.6. The van der Waals surface area contributed by atoms with Gasteiger partial charge in [0.05, 0.1) is 0 Å². The molecule has 4 heteroatoms. The van der Waals surface area contributed by atoms with E-state index in [-0.39, 0.29) is 6.54 Å². The van der Waals surface area contributed by atoms with Crippen LogP contribution < -0.4 is 5.32 Å². The van der Waals surface area contributed by atoms with Crippen LogP contribution in [0.3, 0.4) is 0 Å². The van der Waals surface area contributed by atoms with E-state index in [1.807, 2.05) is 0 Å². The second-order valence-corrected chi connectivity index (χ2v) is 1.20. The van der Waals surface area contributed by atoms with Crippen molar-refractivity contribution in [2.75, 3.05) is 6.54 Å². The van der Waals surface area contributed by atoms with E-state index in [1.165, 1.54) is 0 Å². The first-order chi connectivity index (χ1) is 3.63. The predicted molar refractivity (Wildman–Crippen MR) is 26.8 cm³/mol. The molecule has 1 amide bonds. The molecule has 0 aromatic carbocycles. The molecule has 43 valence electrons. The van der Waals surface area contributed by atoms with Crippen LogP contribution in [0.4, 0.5) is 0 Å². The maximum absolute atomic E-state index is 9.89. The zero-order chi connectivity index (χ0) is 6.57. The third-order valence-electron chi connectivity index (χ3n) is 0.446. The van der Waals surface area contributed by atoms with Gasteiger partial charge in [-0.25, -0.2) is 4.79 Å². The molecule has 0 rings (SSSR count). The van der Waals surface area contributed by atoms with Gasteiger partial charge < -0.3 is 5.32 Å². The number of rotatable bonds is 2. The molecule has 8 heavy (non-hydrogen) atoms. The van der Waals surface area contributed by atoms with Crippen molar-refractivity contribution in [3.63, 3.8) is 0 Å². The fourth-order valence-electron chi connectivity index (χ4n) is 0.179. The largest absolute Gasteiger partial charge is 0.399 e. The maximum atomic E-state index is 9.89. The summed E-state index contributed by atoms with van der Waals surface area (Å²) in [4.78, 5) is 9.89. The van der Waals surface area contributed by atoms with Gasteiger partial charge in [0.1, 0.15) is 6.54 Å². The number of carbonyl (C=O) groups excluding carboxylic acids is 1. The summed E-state index contributed by atoms with van der Waals surface area (Å²) in [6.45, 7) is 2.68. The van der Waals surface area contributed by atoms with Gasteiger partial charge in [-0.2, -0.15) is 0 Å². The molecule has 4 nitrogen and oxygen atoms in total. The van der Waals surface area contributed by atoms with Crippen molar-refractivity contribution in [2.45, 2.75) is 0 Å². The maximum Gasteiger partial charge on any atom is 0.399 e. The number of hydrogen-bond donors (Lipinski definition) is 2. The van der Waals surface area contributed by atoms with E-state index in [1.54, 1.807) is 0 Å². The molecule has 0 aliphatic rings. The van der Waals surface area contributed by atoms with Gasteiger partial charge in [-0.05, 0) is 0 Å². The van der Waals surface area contributed by atoms with Crippen molar-refractivity contribution < 1.29 is 9.90 Å². The molecular formula is C4H6N2O2+. The zero-order valence-electron chi connectivity index (χ0n) is 4.23. The van der Waals surface area contributed by atoms with Crippen LogP contribution >= 0.6 is 0 Å². The lowest BCUT2D eigenvalue weighted by Crippen LogP contribution is -2.25. The van der Waals surface area contributed by atoms with Gasteiger partial charge in [-0.15, -0.1) is 0 Å². The molecule has 0 unspecified atom stereocenters. The fraction of sp³-hybridized carbons (Fsp3) is 0.250. The average Bonchev–Trinajstić information content (AvgIpc) is 1.61. The van der Waals surface area contributed by atoms with Crippen molar-refractivity contribution in [1.29, 1.82) is 5.41 Å². The monoisotopic (exact) mass is 114 g/mol. The summed E-state index contributed by atoms with van der Waals surface area (Å²) in [7, 11) is 0. The van der Waals surface area contributed by atoms with Gasteiger partial charge in [-0.3, -0.25) is 10.5 Å². The van der Waals surface area contributed by atoms with E-state index in [2.05, 4.69) is 12.2 Å². The zero-order valence-corrected chi connectivity index (χ0v) is 4.23. The summed E-state index contributed by atoms with van der Waals surface area (Å²) in [6.07, 6.45) is 0. The summed E-state index contributed by atoms with van der Waals surface area (Å²) in [5.41, 5.74) is 0. The minimum Gasteiger partial charge on any atom is -0.307 e. The van der Waals surface area contributed by atoms with Gasteiger partial charge in [0.25, 0.3) is 5.90 Å². The molecule has 0 heterocycles. The van der Waals surface area contributed by atoms with E-state index >= 15 is 0 Å².